The van der Waals surface area contributed by atoms with E-state index in [0.717, 1.165) is 59.2 Å². The fraction of sp³-hybridized carbons (Fsp3) is 0. The maximum absolute atomic E-state index is 9.31. The molecule has 0 unspecified atom stereocenters. The van der Waals surface area contributed by atoms with Crippen LogP contribution < -0.4 is 0 Å². The molecule has 0 N–H and O–H groups in total. The molecular formula is C42H26. The van der Waals surface area contributed by atoms with Gasteiger partial charge in [0.05, 0.1) is 5.48 Å². The fourth-order valence-corrected chi connectivity index (χ4v) is 6.59. The van der Waals surface area contributed by atoms with E-state index in [4.69, 9.17) is 0 Å². The summed E-state index contributed by atoms with van der Waals surface area (Å²) in [5.41, 5.74) is 2.05. The monoisotopic (exact) mass is 534 g/mol. The summed E-state index contributed by atoms with van der Waals surface area (Å²) in [7, 11) is 0. The SMILES string of the molecule is [2H]c1c([2H])c(-c2cc3cc4ccccc4cc3c3ccccc23)c([2H])c([2H])c1-c1cccc2c1ccc1cc3ccccc3cc12. The van der Waals surface area contributed by atoms with Crippen molar-refractivity contribution in [3.05, 3.63) is 158 Å². The van der Waals surface area contributed by atoms with Crippen molar-refractivity contribution in [1.29, 1.82) is 0 Å². The summed E-state index contributed by atoms with van der Waals surface area (Å²) in [5, 5.41) is 12.8. The predicted molar refractivity (Wildman–Crippen MR) is 182 cm³/mol. The third-order valence-corrected chi connectivity index (χ3v) is 8.63. The lowest BCUT2D eigenvalue weighted by Crippen LogP contribution is -1.87. The summed E-state index contributed by atoms with van der Waals surface area (Å²) in [6.07, 6.45) is 0. The number of benzene rings is 9. The van der Waals surface area contributed by atoms with Crippen molar-refractivity contribution in [1.82, 2.24) is 0 Å². The lowest BCUT2D eigenvalue weighted by molar-refractivity contribution is 1.64. The molecule has 0 aliphatic heterocycles. The summed E-state index contributed by atoms with van der Waals surface area (Å²) in [6, 6.07) is 45.3. The Kier molecular flexibility index (Phi) is 4.21. The highest BCUT2D eigenvalue weighted by Gasteiger charge is 2.12. The topological polar surface area (TPSA) is 0 Å². The van der Waals surface area contributed by atoms with Crippen LogP contribution in [0.5, 0.6) is 0 Å². The molecule has 0 nitrogen and oxygen atoms in total. The Morgan fingerprint density at radius 3 is 1.43 bits per heavy atom. The third-order valence-electron chi connectivity index (χ3n) is 8.63. The molecule has 194 valence electrons. The minimum Gasteiger partial charge on any atom is -0.0616 e. The zero-order valence-electron chi connectivity index (χ0n) is 26.7. The molecule has 0 aliphatic carbocycles. The van der Waals surface area contributed by atoms with Crippen LogP contribution in [-0.4, -0.2) is 0 Å². The van der Waals surface area contributed by atoms with Gasteiger partial charge in [0.15, 0.2) is 0 Å². The van der Waals surface area contributed by atoms with Crippen LogP contribution in [0.15, 0.2) is 158 Å². The summed E-state index contributed by atoms with van der Waals surface area (Å²) in [4.78, 5) is 0. The van der Waals surface area contributed by atoms with Crippen LogP contribution in [0.1, 0.15) is 5.48 Å². The summed E-state index contributed by atoms with van der Waals surface area (Å²) in [5.74, 6) is 0. The van der Waals surface area contributed by atoms with Crippen molar-refractivity contribution in [2.45, 2.75) is 0 Å². The van der Waals surface area contributed by atoms with Gasteiger partial charge in [-0.3, -0.25) is 0 Å². The first-order chi connectivity index (χ1) is 22.5. The van der Waals surface area contributed by atoms with Crippen molar-refractivity contribution in [2.75, 3.05) is 0 Å². The Balaban J connectivity index is 1.31. The molecule has 0 bridgehead atoms. The van der Waals surface area contributed by atoms with Crippen LogP contribution in [0, 0.1) is 0 Å². The minimum atomic E-state index is -0.0372. The van der Waals surface area contributed by atoms with E-state index in [0.29, 0.717) is 22.3 Å². The van der Waals surface area contributed by atoms with E-state index in [1.165, 1.54) is 5.39 Å². The van der Waals surface area contributed by atoms with E-state index in [1.54, 1.807) is 0 Å². The van der Waals surface area contributed by atoms with E-state index in [9.17, 15) is 5.48 Å². The van der Waals surface area contributed by atoms with Gasteiger partial charge in [-0.1, -0.05) is 127 Å². The first kappa shape index (κ1) is 19.6. The fourth-order valence-electron chi connectivity index (χ4n) is 6.59. The van der Waals surface area contributed by atoms with Crippen LogP contribution >= 0.6 is 0 Å². The van der Waals surface area contributed by atoms with E-state index < -0.39 is 0 Å². The van der Waals surface area contributed by atoms with Gasteiger partial charge in [0, 0.05) is 0 Å². The highest BCUT2D eigenvalue weighted by Crippen LogP contribution is 2.39. The largest absolute Gasteiger partial charge is 0.0629 e. The van der Waals surface area contributed by atoms with E-state index in [-0.39, 0.29) is 24.2 Å². The molecule has 0 saturated carbocycles. The second-order valence-electron chi connectivity index (χ2n) is 11.0. The maximum atomic E-state index is 9.31. The average molecular weight is 535 g/mol. The van der Waals surface area contributed by atoms with Gasteiger partial charge in [-0.15, -0.1) is 0 Å². The number of hydrogen-bond donors (Lipinski definition) is 0. The second-order valence-corrected chi connectivity index (χ2v) is 11.0. The third kappa shape index (κ3) is 3.56. The number of hydrogen-bond acceptors (Lipinski definition) is 0. The van der Waals surface area contributed by atoms with Gasteiger partial charge in [0.25, 0.3) is 0 Å². The summed E-state index contributed by atoms with van der Waals surface area (Å²) in [6.45, 7) is 0. The minimum absolute atomic E-state index is 0.0370. The Bertz CT molecular complexity index is 2710. The van der Waals surface area contributed by atoms with Crippen molar-refractivity contribution in [2.24, 2.45) is 0 Å². The van der Waals surface area contributed by atoms with Crippen LogP contribution in [0.3, 0.4) is 0 Å². The molecule has 9 rings (SSSR count). The molecule has 0 spiro atoms. The van der Waals surface area contributed by atoms with Crippen LogP contribution in [0.25, 0.3) is 86.9 Å². The van der Waals surface area contributed by atoms with Gasteiger partial charge in [0.2, 0.25) is 0 Å². The molecule has 42 heavy (non-hydrogen) atoms. The van der Waals surface area contributed by atoms with Crippen molar-refractivity contribution in [3.63, 3.8) is 0 Å². The van der Waals surface area contributed by atoms with Gasteiger partial charge in [0.1, 0.15) is 0 Å². The number of fused-ring (bicyclic) bond motifs is 8. The summed E-state index contributed by atoms with van der Waals surface area (Å²) >= 11 is 0. The highest BCUT2D eigenvalue weighted by atomic mass is 14.2. The second kappa shape index (κ2) is 9.03. The molecule has 0 radical (unpaired) electrons. The smallest absolute Gasteiger partial charge is 0.0616 e. The Morgan fingerprint density at radius 2 is 0.762 bits per heavy atom. The molecule has 0 atom stereocenters. The lowest BCUT2D eigenvalue weighted by atomic mass is 9.90. The summed E-state index contributed by atoms with van der Waals surface area (Å²) < 4.78 is 37.2. The van der Waals surface area contributed by atoms with Gasteiger partial charge < -0.3 is 0 Å². The molecule has 0 fully saturated rings. The maximum Gasteiger partial charge on any atom is 0.0629 e. The average Bonchev–Trinajstić information content (AvgIpc) is 3.09. The molecule has 0 amide bonds. The van der Waals surface area contributed by atoms with E-state index in [1.807, 2.05) is 66.7 Å². The predicted octanol–water partition coefficient (Wildman–Crippen LogP) is 11.9. The number of rotatable bonds is 2. The van der Waals surface area contributed by atoms with Crippen molar-refractivity contribution in [3.8, 4) is 22.3 Å². The Labute approximate surface area is 249 Å². The Morgan fingerprint density at radius 1 is 0.286 bits per heavy atom. The van der Waals surface area contributed by atoms with Crippen LogP contribution in [0.2, 0.25) is 0 Å². The molecule has 0 saturated heterocycles. The van der Waals surface area contributed by atoms with Gasteiger partial charge >= 0.3 is 0 Å². The van der Waals surface area contributed by atoms with Crippen LogP contribution in [-0.2, 0) is 0 Å². The van der Waals surface area contributed by atoms with E-state index in [2.05, 4.69) is 66.7 Å². The normalized spacial score (nSPS) is 13.1. The van der Waals surface area contributed by atoms with Crippen molar-refractivity contribution < 1.29 is 5.48 Å². The van der Waals surface area contributed by atoms with E-state index >= 15 is 0 Å². The van der Waals surface area contributed by atoms with Crippen molar-refractivity contribution >= 4 is 64.6 Å². The molecule has 0 heteroatoms. The molecule has 0 aromatic heterocycles. The molecule has 0 aliphatic rings. The highest BCUT2D eigenvalue weighted by molar-refractivity contribution is 6.17. The molecule has 9 aromatic carbocycles. The molecule has 0 heterocycles. The Hall–Kier alpha value is -5.46. The quantitative estimate of drug-likeness (QED) is 0.153. The van der Waals surface area contributed by atoms with Gasteiger partial charge in [-0.05, 0) is 117 Å². The zero-order valence-corrected chi connectivity index (χ0v) is 22.7. The van der Waals surface area contributed by atoms with Crippen LogP contribution in [0.4, 0.5) is 0 Å². The lowest BCUT2D eigenvalue weighted by Gasteiger charge is -2.14. The standard InChI is InChI=1S/C42H26/c1-3-10-31-24-41-33(22-29(31)8-1)20-21-39-35(14-7-15-38(39)41)27-16-18-28(19-17-27)40-26-34-23-30-9-2-4-11-32(30)25-42(34)37-13-6-5-12-36(37)40/h1-26H/i16D,17D,18D,19D. The van der Waals surface area contributed by atoms with Gasteiger partial charge in [-0.2, -0.15) is 0 Å². The first-order valence-electron chi connectivity index (χ1n) is 16.3. The first-order valence-corrected chi connectivity index (χ1v) is 14.3. The van der Waals surface area contributed by atoms with Gasteiger partial charge in [-0.25, -0.2) is 0 Å². The molecule has 9 aromatic rings. The molecular weight excluding hydrogens is 504 g/mol. The zero-order chi connectivity index (χ0) is 31.1.